The zero-order valence-corrected chi connectivity index (χ0v) is 15.2. The highest BCUT2D eigenvalue weighted by Crippen LogP contribution is 2.18. The van der Waals surface area contributed by atoms with Crippen LogP contribution in [0.4, 0.5) is 0 Å². The minimum Gasteiger partial charge on any atom is -0.335 e. The number of aromatic nitrogens is 4. The number of halogens is 1. The first-order chi connectivity index (χ1) is 11.0. The van der Waals surface area contributed by atoms with Crippen molar-refractivity contribution in [1.82, 2.24) is 29.4 Å². The first-order valence-corrected chi connectivity index (χ1v) is 8.43. The van der Waals surface area contributed by atoms with Crippen LogP contribution >= 0.6 is 15.9 Å². The molecule has 0 N–H and O–H groups in total. The third-order valence-electron chi connectivity index (χ3n) is 4.38. The molecular formula is C15H21BrN6O. The highest BCUT2D eigenvalue weighted by Gasteiger charge is 2.25. The third-order valence-corrected chi connectivity index (χ3v) is 4.96. The van der Waals surface area contributed by atoms with E-state index in [2.05, 4.69) is 38.0 Å². The maximum Gasteiger partial charge on any atom is 0.275 e. The van der Waals surface area contributed by atoms with E-state index in [0.717, 1.165) is 37.2 Å². The van der Waals surface area contributed by atoms with Gasteiger partial charge in [-0.25, -0.2) is 0 Å². The number of nitrogens with zero attached hydrogens (tertiary/aromatic N) is 6. The normalized spacial score (nSPS) is 16.1. The summed E-state index contributed by atoms with van der Waals surface area (Å²) < 4.78 is 4.30. The van der Waals surface area contributed by atoms with Crippen molar-refractivity contribution in [3.8, 4) is 0 Å². The Kier molecular flexibility index (Phi) is 4.54. The lowest BCUT2D eigenvalue weighted by Crippen LogP contribution is -2.48. The number of aryl methyl sites for hydroxylation is 2. The molecule has 2 aromatic heterocycles. The molecule has 1 saturated heterocycles. The topological polar surface area (TPSA) is 59.2 Å². The highest BCUT2D eigenvalue weighted by molar-refractivity contribution is 9.10. The summed E-state index contributed by atoms with van der Waals surface area (Å²) >= 11 is 3.40. The van der Waals surface area contributed by atoms with Crippen LogP contribution in [0.3, 0.4) is 0 Å². The Labute approximate surface area is 144 Å². The fraction of sp³-hybridized carbons (Fsp3) is 0.533. The van der Waals surface area contributed by atoms with Gasteiger partial charge in [-0.05, 0) is 22.9 Å². The maximum absolute atomic E-state index is 12.5. The minimum atomic E-state index is -0.00492. The molecule has 0 atom stereocenters. The van der Waals surface area contributed by atoms with Crippen LogP contribution in [0.2, 0.25) is 0 Å². The van der Waals surface area contributed by atoms with E-state index in [1.807, 2.05) is 29.9 Å². The number of carbonyl (C=O) groups is 1. The second kappa shape index (κ2) is 6.45. The molecule has 0 radical (unpaired) electrons. The SMILES string of the molecule is Cc1c(CN2CCN(C(=O)c3nn(C)cc3Br)CC2)cnn1C. The molecule has 8 heteroatoms. The van der Waals surface area contributed by atoms with E-state index in [0.29, 0.717) is 5.69 Å². The van der Waals surface area contributed by atoms with Gasteiger partial charge in [-0.3, -0.25) is 19.1 Å². The highest BCUT2D eigenvalue weighted by atomic mass is 79.9. The number of hydrogen-bond donors (Lipinski definition) is 0. The third kappa shape index (κ3) is 3.32. The molecule has 0 bridgehead atoms. The van der Waals surface area contributed by atoms with Crippen molar-refractivity contribution >= 4 is 21.8 Å². The quantitative estimate of drug-likeness (QED) is 0.802. The van der Waals surface area contributed by atoms with E-state index in [-0.39, 0.29) is 5.91 Å². The predicted octanol–water partition coefficient (Wildman–Crippen LogP) is 1.18. The van der Waals surface area contributed by atoms with E-state index in [9.17, 15) is 4.79 Å². The first kappa shape index (κ1) is 16.2. The van der Waals surface area contributed by atoms with E-state index >= 15 is 0 Å². The molecule has 124 valence electrons. The van der Waals surface area contributed by atoms with Gasteiger partial charge in [0.1, 0.15) is 0 Å². The lowest BCUT2D eigenvalue weighted by molar-refractivity contribution is 0.0621. The fourth-order valence-electron chi connectivity index (χ4n) is 2.80. The van der Waals surface area contributed by atoms with Gasteiger partial charge in [-0.15, -0.1) is 0 Å². The average Bonchev–Trinajstić information content (AvgIpc) is 3.03. The summed E-state index contributed by atoms with van der Waals surface area (Å²) in [4.78, 5) is 16.8. The van der Waals surface area contributed by atoms with E-state index in [1.54, 1.807) is 10.9 Å². The zero-order chi connectivity index (χ0) is 16.6. The van der Waals surface area contributed by atoms with Gasteiger partial charge in [0, 0.05) is 64.3 Å². The van der Waals surface area contributed by atoms with Gasteiger partial charge in [0.15, 0.2) is 5.69 Å². The standard InChI is InChI=1S/C15H21BrN6O/c1-11-12(8-17-20(11)3)9-21-4-6-22(7-5-21)15(23)14-13(16)10-19(2)18-14/h8,10H,4-7,9H2,1-3H3. The van der Waals surface area contributed by atoms with E-state index in [4.69, 9.17) is 0 Å². The van der Waals surface area contributed by atoms with Crippen LogP contribution in [-0.4, -0.2) is 61.4 Å². The Morgan fingerprint density at radius 3 is 2.48 bits per heavy atom. The van der Waals surface area contributed by atoms with Crippen molar-refractivity contribution in [2.75, 3.05) is 26.2 Å². The zero-order valence-electron chi connectivity index (χ0n) is 13.7. The molecular weight excluding hydrogens is 360 g/mol. The smallest absolute Gasteiger partial charge is 0.275 e. The van der Waals surface area contributed by atoms with Crippen LogP contribution < -0.4 is 0 Å². The fourth-order valence-corrected chi connectivity index (χ4v) is 3.35. The molecule has 1 aliphatic heterocycles. The number of piperazine rings is 1. The first-order valence-electron chi connectivity index (χ1n) is 7.64. The van der Waals surface area contributed by atoms with Gasteiger partial charge in [-0.2, -0.15) is 10.2 Å². The number of carbonyl (C=O) groups excluding carboxylic acids is 1. The monoisotopic (exact) mass is 380 g/mol. The maximum atomic E-state index is 12.5. The summed E-state index contributed by atoms with van der Waals surface area (Å²) in [5.41, 5.74) is 2.93. The molecule has 3 heterocycles. The molecule has 0 aromatic carbocycles. The van der Waals surface area contributed by atoms with Gasteiger partial charge < -0.3 is 4.90 Å². The van der Waals surface area contributed by atoms with Crippen molar-refractivity contribution in [2.24, 2.45) is 14.1 Å². The summed E-state index contributed by atoms with van der Waals surface area (Å²) in [5, 5.41) is 8.53. The van der Waals surface area contributed by atoms with Crippen LogP contribution in [0.15, 0.2) is 16.9 Å². The van der Waals surface area contributed by atoms with Crippen molar-refractivity contribution in [2.45, 2.75) is 13.5 Å². The molecule has 23 heavy (non-hydrogen) atoms. The van der Waals surface area contributed by atoms with Gasteiger partial charge in [-0.1, -0.05) is 0 Å². The van der Waals surface area contributed by atoms with Crippen LogP contribution in [0.5, 0.6) is 0 Å². The number of hydrogen-bond acceptors (Lipinski definition) is 4. The Bertz CT molecular complexity index is 714. The second-order valence-corrected chi connectivity index (χ2v) is 6.80. The van der Waals surface area contributed by atoms with Crippen molar-refractivity contribution in [1.29, 1.82) is 0 Å². The number of rotatable bonds is 3. The number of amides is 1. The Morgan fingerprint density at radius 2 is 1.96 bits per heavy atom. The lowest BCUT2D eigenvalue weighted by Gasteiger charge is -2.34. The Balaban J connectivity index is 1.59. The van der Waals surface area contributed by atoms with Crippen LogP contribution in [-0.2, 0) is 20.6 Å². The molecule has 2 aromatic rings. The second-order valence-electron chi connectivity index (χ2n) is 5.95. The van der Waals surface area contributed by atoms with Crippen molar-refractivity contribution in [3.63, 3.8) is 0 Å². The average molecular weight is 381 g/mol. The van der Waals surface area contributed by atoms with Gasteiger partial charge in [0.25, 0.3) is 5.91 Å². The van der Waals surface area contributed by atoms with Crippen LogP contribution in [0.1, 0.15) is 21.7 Å². The van der Waals surface area contributed by atoms with Crippen LogP contribution in [0, 0.1) is 6.92 Å². The van der Waals surface area contributed by atoms with Crippen LogP contribution in [0.25, 0.3) is 0 Å². The van der Waals surface area contributed by atoms with Crippen molar-refractivity contribution < 1.29 is 4.79 Å². The van der Waals surface area contributed by atoms with Gasteiger partial charge in [0.05, 0.1) is 10.7 Å². The lowest BCUT2D eigenvalue weighted by atomic mass is 10.2. The van der Waals surface area contributed by atoms with E-state index < -0.39 is 0 Å². The summed E-state index contributed by atoms with van der Waals surface area (Å²) in [6, 6.07) is 0. The van der Waals surface area contributed by atoms with E-state index in [1.165, 1.54) is 11.3 Å². The van der Waals surface area contributed by atoms with Gasteiger partial charge >= 0.3 is 0 Å². The Morgan fingerprint density at radius 1 is 1.26 bits per heavy atom. The summed E-state index contributed by atoms with van der Waals surface area (Å²) in [5.74, 6) is -0.00492. The Hall–Kier alpha value is -1.67. The molecule has 1 fully saturated rings. The van der Waals surface area contributed by atoms with Crippen molar-refractivity contribution in [3.05, 3.63) is 33.8 Å². The molecule has 0 spiro atoms. The molecule has 3 rings (SSSR count). The van der Waals surface area contributed by atoms with Gasteiger partial charge in [0.2, 0.25) is 0 Å². The molecule has 0 aliphatic carbocycles. The molecule has 1 aliphatic rings. The predicted molar refractivity (Wildman–Crippen MR) is 90.0 cm³/mol. The summed E-state index contributed by atoms with van der Waals surface area (Å²) in [7, 11) is 3.77. The summed E-state index contributed by atoms with van der Waals surface area (Å²) in [6.45, 7) is 6.15. The minimum absolute atomic E-state index is 0.00492. The molecule has 1 amide bonds. The molecule has 0 unspecified atom stereocenters. The molecule has 0 saturated carbocycles. The largest absolute Gasteiger partial charge is 0.335 e. The molecule has 7 nitrogen and oxygen atoms in total. The summed E-state index contributed by atoms with van der Waals surface area (Å²) in [6.07, 6.45) is 3.73.